The van der Waals surface area contributed by atoms with Gasteiger partial charge in [-0.05, 0) is 37.1 Å². The standard InChI is InChI=1S/C18H27FN4O2.HI/c1-3-17(24)23-11-9-15(13-23)22-18(20-2)21-10-4-12-25-16-7-5-14(19)6-8-16;/h5-8,15H,3-4,9-13H2,1-2H3,(H2,20,21,22);1H. The molecule has 1 atom stereocenters. The molecule has 0 radical (unpaired) electrons. The molecule has 1 unspecified atom stereocenters. The van der Waals surface area contributed by atoms with Gasteiger partial charge in [0.1, 0.15) is 11.6 Å². The largest absolute Gasteiger partial charge is 0.494 e. The normalized spacial score (nSPS) is 16.8. The molecule has 1 fully saturated rings. The highest BCUT2D eigenvalue weighted by atomic mass is 127. The third kappa shape index (κ3) is 7.35. The average Bonchev–Trinajstić information content (AvgIpc) is 3.10. The summed E-state index contributed by atoms with van der Waals surface area (Å²) in [7, 11) is 1.73. The Kier molecular flexibility index (Phi) is 10.3. The molecular formula is C18H28FIN4O2. The number of benzene rings is 1. The summed E-state index contributed by atoms with van der Waals surface area (Å²) in [5, 5.41) is 6.60. The highest BCUT2D eigenvalue weighted by molar-refractivity contribution is 14.0. The van der Waals surface area contributed by atoms with E-state index >= 15 is 0 Å². The fraction of sp³-hybridized carbons (Fsp3) is 0.556. The summed E-state index contributed by atoms with van der Waals surface area (Å²) in [6.07, 6.45) is 2.27. The molecule has 0 bridgehead atoms. The van der Waals surface area contributed by atoms with Gasteiger partial charge in [-0.1, -0.05) is 6.92 Å². The second kappa shape index (κ2) is 11.9. The summed E-state index contributed by atoms with van der Waals surface area (Å²) in [5.74, 6) is 1.33. The van der Waals surface area contributed by atoms with Crippen LogP contribution in [0.3, 0.4) is 0 Å². The Morgan fingerprint density at radius 2 is 2.12 bits per heavy atom. The average molecular weight is 478 g/mol. The fourth-order valence-corrected chi connectivity index (χ4v) is 2.72. The molecule has 1 aromatic carbocycles. The maximum absolute atomic E-state index is 12.8. The van der Waals surface area contributed by atoms with Crippen LogP contribution in [0.5, 0.6) is 5.75 Å². The highest BCUT2D eigenvalue weighted by Gasteiger charge is 2.25. The summed E-state index contributed by atoms with van der Waals surface area (Å²) >= 11 is 0. The van der Waals surface area contributed by atoms with Crippen LogP contribution in [0.2, 0.25) is 0 Å². The Balaban J connectivity index is 0.00000338. The van der Waals surface area contributed by atoms with Gasteiger partial charge in [-0.25, -0.2) is 4.39 Å². The maximum atomic E-state index is 12.8. The number of rotatable bonds is 7. The van der Waals surface area contributed by atoms with Crippen LogP contribution in [0, 0.1) is 5.82 Å². The van der Waals surface area contributed by atoms with Crippen LogP contribution in [-0.4, -0.2) is 56.1 Å². The molecule has 8 heteroatoms. The smallest absolute Gasteiger partial charge is 0.222 e. The van der Waals surface area contributed by atoms with Crippen molar-refractivity contribution in [3.05, 3.63) is 30.1 Å². The number of carbonyl (C=O) groups excluding carboxylic acids is 1. The lowest BCUT2D eigenvalue weighted by atomic mass is 10.3. The monoisotopic (exact) mass is 478 g/mol. The van der Waals surface area contributed by atoms with Crippen LogP contribution in [0.1, 0.15) is 26.2 Å². The van der Waals surface area contributed by atoms with Gasteiger partial charge in [-0.15, -0.1) is 24.0 Å². The zero-order valence-corrected chi connectivity index (χ0v) is 17.7. The van der Waals surface area contributed by atoms with E-state index in [0.29, 0.717) is 25.3 Å². The number of amides is 1. The molecular weight excluding hydrogens is 450 g/mol. The lowest BCUT2D eigenvalue weighted by Gasteiger charge is -2.18. The molecule has 1 heterocycles. The van der Waals surface area contributed by atoms with E-state index < -0.39 is 0 Å². The van der Waals surface area contributed by atoms with Crippen molar-refractivity contribution in [3.63, 3.8) is 0 Å². The Bertz CT molecular complexity index is 583. The zero-order valence-electron chi connectivity index (χ0n) is 15.3. The van der Waals surface area contributed by atoms with Crippen molar-refractivity contribution in [2.45, 2.75) is 32.2 Å². The lowest BCUT2D eigenvalue weighted by molar-refractivity contribution is -0.129. The molecule has 2 N–H and O–H groups in total. The quantitative estimate of drug-likeness (QED) is 0.274. The lowest BCUT2D eigenvalue weighted by Crippen LogP contribution is -2.45. The number of hydrogen-bond donors (Lipinski definition) is 2. The number of likely N-dealkylation sites (tertiary alicyclic amines) is 1. The number of nitrogens with zero attached hydrogens (tertiary/aromatic N) is 2. The molecule has 0 aromatic heterocycles. The summed E-state index contributed by atoms with van der Waals surface area (Å²) < 4.78 is 18.4. The minimum absolute atomic E-state index is 0. The van der Waals surface area contributed by atoms with Crippen molar-refractivity contribution in [1.29, 1.82) is 0 Å². The molecule has 1 amide bonds. The number of hydrogen-bond acceptors (Lipinski definition) is 3. The van der Waals surface area contributed by atoms with Gasteiger partial charge in [0.2, 0.25) is 5.91 Å². The summed E-state index contributed by atoms with van der Waals surface area (Å²) in [6.45, 7) is 4.66. The van der Waals surface area contributed by atoms with Gasteiger partial charge in [0, 0.05) is 39.1 Å². The molecule has 146 valence electrons. The van der Waals surface area contributed by atoms with E-state index in [1.54, 1.807) is 19.2 Å². The first kappa shape index (κ1) is 22.5. The molecule has 1 aliphatic rings. The molecule has 2 rings (SSSR count). The Labute approximate surface area is 171 Å². The second-order valence-corrected chi connectivity index (χ2v) is 5.98. The van der Waals surface area contributed by atoms with Crippen molar-refractivity contribution in [1.82, 2.24) is 15.5 Å². The molecule has 1 aromatic rings. The van der Waals surface area contributed by atoms with Crippen molar-refractivity contribution in [2.24, 2.45) is 4.99 Å². The molecule has 0 spiro atoms. The molecule has 1 aliphatic heterocycles. The van der Waals surface area contributed by atoms with Gasteiger partial charge in [-0.3, -0.25) is 9.79 Å². The number of ether oxygens (including phenoxy) is 1. The summed E-state index contributed by atoms with van der Waals surface area (Å²) in [5.41, 5.74) is 0. The number of guanidine groups is 1. The summed E-state index contributed by atoms with van der Waals surface area (Å²) in [4.78, 5) is 17.8. The predicted octanol–water partition coefficient (Wildman–Crippen LogP) is 2.39. The number of halogens is 2. The third-order valence-corrected chi connectivity index (χ3v) is 4.10. The van der Waals surface area contributed by atoms with Crippen LogP contribution in [0.15, 0.2) is 29.3 Å². The van der Waals surface area contributed by atoms with Gasteiger partial charge in [0.05, 0.1) is 6.61 Å². The molecule has 26 heavy (non-hydrogen) atoms. The van der Waals surface area contributed by atoms with Crippen molar-refractivity contribution >= 4 is 35.8 Å². The van der Waals surface area contributed by atoms with Crippen molar-refractivity contribution < 1.29 is 13.9 Å². The Morgan fingerprint density at radius 3 is 2.77 bits per heavy atom. The maximum Gasteiger partial charge on any atom is 0.222 e. The van der Waals surface area contributed by atoms with Crippen LogP contribution in [0.4, 0.5) is 4.39 Å². The van der Waals surface area contributed by atoms with E-state index in [0.717, 1.165) is 31.9 Å². The van der Waals surface area contributed by atoms with Crippen molar-refractivity contribution in [2.75, 3.05) is 33.3 Å². The van der Waals surface area contributed by atoms with E-state index in [-0.39, 0.29) is 41.7 Å². The van der Waals surface area contributed by atoms with E-state index in [1.165, 1.54) is 12.1 Å². The first-order valence-electron chi connectivity index (χ1n) is 8.75. The van der Waals surface area contributed by atoms with Crippen LogP contribution in [0.25, 0.3) is 0 Å². The molecule has 0 saturated carbocycles. The van der Waals surface area contributed by atoms with E-state index in [2.05, 4.69) is 15.6 Å². The number of carbonyl (C=O) groups is 1. The van der Waals surface area contributed by atoms with Gasteiger partial charge in [-0.2, -0.15) is 0 Å². The minimum atomic E-state index is -0.269. The Morgan fingerprint density at radius 1 is 1.38 bits per heavy atom. The first-order valence-corrected chi connectivity index (χ1v) is 8.75. The fourth-order valence-electron chi connectivity index (χ4n) is 2.72. The SMILES string of the molecule is CCC(=O)N1CCC(NC(=NC)NCCCOc2ccc(F)cc2)C1.I. The van der Waals surface area contributed by atoms with E-state index in [1.807, 2.05) is 11.8 Å². The predicted molar refractivity (Wildman–Crippen MR) is 112 cm³/mol. The van der Waals surface area contributed by atoms with Gasteiger partial charge in [0.15, 0.2) is 5.96 Å². The van der Waals surface area contributed by atoms with E-state index in [4.69, 9.17) is 4.74 Å². The molecule has 1 saturated heterocycles. The van der Waals surface area contributed by atoms with Crippen LogP contribution < -0.4 is 15.4 Å². The van der Waals surface area contributed by atoms with Gasteiger partial charge < -0.3 is 20.3 Å². The molecule has 0 aliphatic carbocycles. The van der Waals surface area contributed by atoms with Crippen molar-refractivity contribution in [3.8, 4) is 5.75 Å². The number of aliphatic imine (C=N–C) groups is 1. The topological polar surface area (TPSA) is 66.0 Å². The van der Waals surface area contributed by atoms with E-state index in [9.17, 15) is 9.18 Å². The Hall–Kier alpha value is -1.58. The molecule has 6 nitrogen and oxygen atoms in total. The second-order valence-electron chi connectivity index (χ2n) is 5.98. The third-order valence-electron chi connectivity index (χ3n) is 4.10. The summed E-state index contributed by atoms with van der Waals surface area (Å²) in [6, 6.07) is 6.23. The first-order chi connectivity index (χ1) is 12.1. The minimum Gasteiger partial charge on any atom is -0.494 e. The van der Waals surface area contributed by atoms with Gasteiger partial charge >= 0.3 is 0 Å². The number of nitrogens with one attached hydrogen (secondary N) is 2. The van der Waals surface area contributed by atoms with Crippen LogP contribution in [-0.2, 0) is 4.79 Å². The highest BCUT2D eigenvalue weighted by Crippen LogP contribution is 2.11. The zero-order chi connectivity index (χ0) is 18.1. The van der Waals surface area contributed by atoms with Gasteiger partial charge in [0.25, 0.3) is 0 Å². The van der Waals surface area contributed by atoms with Crippen LogP contribution >= 0.6 is 24.0 Å².